The number of rotatable bonds is 0. The maximum absolute atomic E-state index is 2.20. The summed E-state index contributed by atoms with van der Waals surface area (Å²) in [5, 5.41) is 11.0. The van der Waals surface area contributed by atoms with Crippen molar-refractivity contribution in [2.45, 2.75) is 56.4 Å². The molecule has 0 bridgehead atoms. The van der Waals surface area contributed by atoms with E-state index in [1.165, 1.54) is 60.6 Å². The molecule has 0 spiro atoms. The predicted molar refractivity (Wildman–Crippen MR) is 171 cm³/mol. The molecule has 0 aliphatic rings. The molecule has 0 saturated carbocycles. The van der Waals surface area contributed by atoms with E-state index in [0.717, 1.165) is 0 Å². The Hall–Kier alpha value is -1.04. The van der Waals surface area contributed by atoms with E-state index in [1.807, 2.05) is 0 Å². The van der Waals surface area contributed by atoms with Gasteiger partial charge in [0.05, 0.1) is 0 Å². The minimum Gasteiger partial charge on any atom is -0.120 e. The first-order valence-corrected chi connectivity index (χ1v) is 11.2. The fraction of sp³-hybridized carbons (Fsp3) is 0.235. The van der Waals surface area contributed by atoms with Gasteiger partial charge in [-0.1, -0.05) is 129 Å². The summed E-state index contributed by atoms with van der Waals surface area (Å²) in [6, 6.07) is 34.4. The first-order chi connectivity index (χ1) is 15.2. The zero-order chi connectivity index (χ0) is 21.8. The minimum absolute atomic E-state index is 0. The summed E-state index contributed by atoms with van der Waals surface area (Å²) in [5.41, 5.74) is 2.80. The van der Waals surface area contributed by atoms with Crippen molar-refractivity contribution in [3.63, 3.8) is 0 Å². The summed E-state index contributed by atoms with van der Waals surface area (Å²) in [6.07, 6.45) is 1.25. The number of aryl methyl sites for hydroxylation is 2. The van der Waals surface area contributed by atoms with Crippen LogP contribution in [-0.4, -0.2) is 16.8 Å². The van der Waals surface area contributed by atoms with Crippen molar-refractivity contribution in [2.24, 2.45) is 0 Å². The smallest absolute Gasteiger partial charge is 0 e. The van der Waals surface area contributed by atoms with Gasteiger partial charge in [0.2, 0.25) is 0 Å². The van der Waals surface area contributed by atoms with E-state index in [1.54, 1.807) is 0 Å². The van der Waals surface area contributed by atoms with Gasteiger partial charge in [0.15, 0.2) is 0 Å². The van der Waals surface area contributed by atoms with Gasteiger partial charge in [-0.25, -0.2) is 0 Å². The van der Waals surface area contributed by atoms with Gasteiger partial charge in [0.1, 0.15) is 0 Å². The molecule has 0 aliphatic heterocycles. The van der Waals surface area contributed by atoms with Crippen molar-refractivity contribution in [3.8, 4) is 0 Å². The van der Waals surface area contributed by atoms with Gasteiger partial charge in [-0.3, -0.25) is 0 Å². The van der Waals surface area contributed by atoms with Gasteiger partial charge in [0.25, 0.3) is 0 Å². The van der Waals surface area contributed by atoms with Gasteiger partial charge in [-0.05, 0) is 0 Å². The van der Waals surface area contributed by atoms with E-state index in [0.29, 0.717) is 0 Å². The Bertz CT molecular complexity index is 1240. The van der Waals surface area contributed by atoms with Crippen LogP contribution in [0.25, 0.3) is 43.1 Å². The Balaban J connectivity index is -0.000000236. The molecule has 0 atom stereocenters. The molecular formula is C34H42B2Y2-2. The first kappa shape index (κ1) is 44.0. The molecule has 6 aromatic rings. The maximum Gasteiger partial charge on any atom is 0 e. The van der Waals surface area contributed by atoms with E-state index >= 15 is 0 Å². The molecule has 0 N–H and O–H groups in total. The summed E-state index contributed by atoms with van der Waals surface area (Å²) in [6.45, 7) is 8.65. The zero-order valence-corrected chi connectivity index (χ0v) is 26.9. The van der Waals surface area contributed by atoms with Crippen LogP contribution in [0.15, 0.2) is 97.1 Å². The van der Waals surface area contributed by atoms with Crippen molar-refractivity contribution >= 4 is 59.9 Å². The summed E-state index contributed by atoms with van der Waals surface area (Å²) in [5.74, 6) is 0. The molecule has 0 saturated heterocycles. The number of hydrogen-bond acceptors (Lipinski definition) is 0. The molecule has 6 aromatic carbocycles. The van der Waals surface area contributed by atoms with Crippen molar-refractivity contribution in [1.82, 2.24) is 0 Å². The van der Waals surface area contributed by atoms with E-state index in [-0.39, 0.29) is 105 Å². The average molecular weight is 650 g/mol. The molecule has 0 amide bonds. The van der Waals surface area contributed by atoms with Crippen LogP contribution >= 0.6 is 0 Å². The van der Waals surface area contributed by atoms with Crippen molar-refractivity contribution in [1.29, 1.82) is 0 Å². The Kier molecular flexibility index (Phi) is 24.1. The van der Waals surface area contributed by atoms with E-state index in [9.17, 15) is 0 Å². The Morgan fingerprint density at radius 2 is 0.579 bits per heavy atom. The summed E-state index contributed by atoms with van der Waals surface area (Å²) >= 11 is 0. The topological polar surface area (TPSA) is 0 Å². The minimum atomic E-state index is 0. The normalized spacial score (nSPS) is 8.74. The number of benzene rings is 4. The van der Waals surface area contributed by atoms with Crippen LogP contribution in [0.1, 0.15) is 53.7 Å². The molecule has 0 aliphatic carbocycles. The monoisotopic (exact) mass is 650 g/mol. The molecule has 38 heavy (non-hydrogen) atoms. The molecule has 6 rings (SSSR count). The van der Waals surface area contributed by atoms with Crippen molar-refractivity contribution in [2.75, 3.05) is 0 Å². The standard InChI is InChI=1S/2C14H11.C3H8.3CH4.2B.2Y/c2*1-10-11-6-2-4-8-13(11)14-9-5-3-7-12(10)14;1-3-2;;;;;;;/h2*2-9H,1H3;3H2,1-2H3;3*1H4;;;;/q2*-1;;;;;;;;. The van der Waals surface area contributed by atoms with E-state index in [4.69, 9.17) is 0 Å². The second kappa shape index (κ2) is 20.8. The third-order valence-corrected chi connectivity index (χ3v) is 5.90. The summed E-state index contributed by atoms with van der Waals surface area (Å²) in [7, 11) is 0. The van der Waals surface area contributed by atoms with Crippen molar-refractivity contribution < 1.29 is 65.4 Å². The van der Waals surface area contributed by atoms with Crippen LogP contribution in [-0.2, 0) is 65.4 Å². The molecule has 0 nitrogen and oxygen atoms in total. The molecule has 192 valence electrons. The van der Waals surface area contributed by atoms with Gasteiger partial charge in [-0.15, -0.1) is 78.5 Å². The van der Waals surface area contributed by atoms with Crippen LogP contribution in [0.4, 0.5) is 0 Å². The fourth-order valence-corrected chi connectivity index (χ4v) is 4.47. The summed E-state index contributed by atoms with van der Waals surface area (Å²) < 4.78 is 0. The zero-order valence-electron chi connectivity index (χ0n) is 21.3. The average Bonchev–Trinajstić information content (AvgIpc) is 3.28. The van der Waals surface area contributed by atoms with Crippen LogP contribution in [0.3, 0.4) is 0 Å². The molecule has 0 unspecified atom stereocenters. The fourth-order valence-electron chi connectivity index (χ4n) is 4.47. The molecular weight excluding hydrogens is 608 g/mol. The Morgan fingerprint density at radius 1 is 0.421 bits per heavy atom. The van der Waals surface area contributed by atoms with Crippen LogP contribution in [0.5, 0.6) is 0 Å². The number of hydrogen-bond donors (Lipinski definition) is 0. The molecule has 0 aromatic heterocycles. The van der Waals surface area contributed by atoms with Crippen LogP contribution in [0.2, 0.25) is 0 Å². The molecule has 4 heteroatoms. The quantitative estimate of drug-likeness (QED) is 0.113. The largest absolute Gasteiger partial charge is 0.120 e. The van der Waals surface area contributed by atoms with Gasteiger partial charge in [-0.2, -0.15) is 0 Å². The third-order valence-electron chi connectivity index (χ3n) is 5.90. The molecule has 0 heterocycles. The SMILES string of the molecule is C.C.C.CCC.C[c-]1c2ccccc2c2ccccc21.C[c-]1c2ccccc2c2ccccc21.[B].[B].[Y].[Y]. The predicted octanol–water partition coefficient (Wildman–Crippen LogP) is 10.6. The van der Waals surface area contributed by atoms with Crippen molar-refractivity contribution in [3.05, 3.63) is 108 Å². The van der Waals surface area contributed by atoms with Gasteiger partial charge < -0.3 is 0 Å². The van der Waals surface area contributed by atoms with E-state index in [2.05, 4.69) is 125 Å². The second-order valence-electron chi connectivity index (χ2n) is 8.14. The second-order valence-corrected chi connectivity index (χ2v) is 8.14. The molecule has 0 fully saturated rings. The van der Waals surface area contributed by atoms with Gasteiger partial charge in [0, 0.05) is 82.2 Å². The van der Waals surface area contributed by atoms with Crippen LogP contribution < -0.4 is 0 Å². The third kappa shape index (κ3) is 8.99. The Morgan fingerprint density at radius 3 is 0.763 bits per heavy atom. The van der Waals surface area contributed by atoms with E-state index < -0.39 is 0 Å². The molecule has 8 radical (unpaired) electrons. The number of fused-ring (bicyclic) bond motifs is 6. The first-order valence-electron chi connectivity index (χ1n) is 11.2. The van der Waals surface area contributed by atoms with Gasteiger partial charge >= 0.3 is 0 Å². The summed E-state index contributed by atoms with van der Waals surface area (Å²) in [4.78, 5) is 0. The Labute approximate surface area is 287 Å². The van der Waals surface area contributed by atoms with Crippen LogP contribution in [0, 0.1) is 13.8 Å². The maximum atomic E-state index is 2.20.